The van der Waals surface area contributed by atoms with E-state index in [1.165, 1.54) is 41.2 Å². The van der Waals surface area contributed by atoms with Gasteiger partial charge in [-0.1, -0.05) is 18.3 Å². The molecule has 4 heterocycles. The zero-order valence-corrected chi connectivity index (χ0v) is 16.5. The predicted octanol–water partition coefficient (Wildman–Crippen LogP) is 1.21. The SMILES string of the molecule is CC1CCCN(c2nn3c(C(=O)NCCN4CCCC4)cc(=O)nc3s2)C1. The second-order valence-electron chi connectivity index (χ2n) is 7.56. The molecule has 2 aromatic heterocycles. The van der Waals surface area contributed by atoms with Crippen molar-refractivity contribution in [1.29, 1.82) is 0 Å². The topological polar surface area (TPSA) is 82.8 Å². The highest BCUT2D eigenvalue weighted by molar-refractivity contribution is 7.20. The number of rotatable bonds is 5. The number of nitrogens with zero attached hydrogens (tertiary/aromatic N) is 5. The third-order valence-corrected chi connectivity index (χ3v) is 6.29. The van der Waals surface area contributed by atoms with Gasteiger partial charge in [-0.15, -0.1) is 5.10 Å². The van der Waals surface area contributed by atoms with E-state index in [0.29, 0.717) is 17.4 Å². The third-order valence-electron chi connectivity index (χ3n) is 5.32. The summed E-state index contributed by atoms with van der Waals surface area (Å²) in [7, 11) is 0. The molecule has 0 bridgehead atoms. The molecular formula is C18H26N6O2S. The van der Waals surface area contributed by atoms with E-state index in [-0.39, 0.29) is 11.6 Å². The maximum absolute atomic E-state index is 12.7. The lowest BCUT2D eigenvalue weighted by atomic mass is 10.0. The van der Waals surface area contributed by atoms with Crippen molar-refractivity contribution in [3.05, 3.63) is 22.1 Å². The Balaban J connectivity index is 1.52. The summed E-state index contributed by atoms with van der Waals surface area (Å²) in [6.07, 6.45) is 4.81. The van der Waals surface area contributed by atoms with Crippen LogP contribution in [0.2, 0.25) is 0 Å². The number of anilines is 1. The van der Waals surface area contributed by atoms with Gasteiger partial charge in [-0.25, -0.2) is 0 Å². The monoisotopic (exact) mass is 390 g/mol. The molecule has 2 fully saturated rings. The van der Waals surface area contributed by atoms with Crippen molar-refractivity contribution in [2.24, 2.45) is 5.92 Å². The molecule has 1 N–H and O–H groups in total. The summed E-state index contributed by atoms with van der Waals surface area (Å²) in [6.45, 7) is 7.73. The number of likely N-dealkylation sites (tertiary alicyclic amines) is 1. The molecule has 1 amide bonds. The minimum absolute atomic E-state index is 0.263. The number of aromatic nitrogens is 3. The molecule has 8 nitrogen and oxygen atoms in total. The number of carbonyl (C=O) groups excluding carboxylic acids is 1. The Bertz CT molecular complexity index is 872. The highest BCUT2D eigenvalue weighted by atomic mass is 32.1. The van der Waals surface area contributed by atoms with Crippen molar-refractivity contribution in [2.45, 2.75) is 32.6 Å². The number of fused-ring (bicyclic) bond motifs is 1. The number of piperidine rings is 1. The number of hydrogen-bond acceptors (Lipinski definition) is 7. The fourth-order valence-electron chi connectivity index (χ4n) is 3.88. The van der Waals surface area contributed by atoms with E-state index >= 15 is 0 Å². The van der Waals surface area contributed by atoms with Crippen LogP contribution in [0.1, 0.15) is 43.1 Å². The van der Waals surface area contributed by atoms with E-state index in [0.717, 1.165) is 44.3 Å². The van der Waals surface area contributed by atoms with Crippen LogP contribution in [0, 0.1) is 5.92 Å². The Morgan fingerprint density at radius 1 is 1.30 bits per heavy atom. The van der Waals surface area contributed by atoms with E-state index in [1.807, 2.05) is 0 Å². The normalized spacial score (nSPS) is 21.1. The quantitative estimate of drug-likeness (QED) is 0.826. The van der Waals surface area contributed by atoms with Crippen LogP contribution < -0.4 is 15.8 Å². The van der Waals surface area contributed by atoms with E-state index < -0.39 is 5.56 Å². The summed E-state index contributed by atoms with van der Waals surface area (Å²) >= 11 is 1.37. The van der Waals surface area contributed by atoms with Crippen molar-refractivity contribution in [1.82, 2.24) is 24.8 Å². The Morgan fingerprint density at radius 2 is 2.11 bits per heavy atom. The van der Waals surface area contributed by atoms with Crippen LogP contribution >= 0.6 is 11.3 Å². The van der Waals surface area contributed by atoms with Gasteiger partial charge in [-0.05, 0) is 44.7 Å². The summed E-state index contributed by atoms with van der Waals surface area (Å²) in [6, 6.07) is 1.28. The molecule has 0 radical (unpaired) electrons. The fraction of sp³-hybridized carbons (Fsp3) is 0.667. The van der Waals surface area contributed by atoms with Gasteiger partial charge >= 0.3 is 0 Å². The predicted molar refractivity (Wildman–Crippen MR) is 106 cm³/mol. The van der Waals surface area contributed by atoms with Crippen LogP contribution in [0.3, 0.4) is 0 Å². The van der Waals surface area contributed by atoms with Crippen molar-refractivity contribution in [2.75, 3.05) is 44.2 Å². The van der Waals surface area contributed by atoms with Crippen LogP contribution in [0.5, 0.6) is 0 Å². The molecule has 0 saturated carbocycles. The molecule has 146 valence electrons. The summed E-state index contributed by atoms with van der Waals surface area (Å²) < 4.78 is 1.52. The van der Waals surface area contributed by atoms with E-state index in [2.05, 4.69) is 32.1 Å². The molecule has 2 saturated heterocycles. The number of carbonyl (C=O) groups is 1. The van der Waals surface area contributed by atoms with Crippen molar-refractivity contribution < 1.29 is 4.79 Å². The average Bonchev–Trinajstić information content (AvgIpc) is 3.30. The minimum atomic E-state index is -0.401. The summed E-state index contributed by atoms with van der Waals surface area (Å²) in [4.78, 5) is 33.7. The zero-order valence-electron chi connectivity index (χ0n) is 15.7. The summed E-state index contributed by atoms with van der Waals surface area (Å²) in [5.41, 5.74) is -0.138. The maximum atomic E-state index is 12.7. The molecule has 27 heavy (non-hydrogen) atoms. The largest absolute Gasteiger partial charge is 0.349 e. The molecule has 1 atom stereocenters. The van der Waals surface area contributed by atoms with Gasteiger partial charge in [0.05, 0.1) is 0 Å². The van der Waals surface area contributed by atoms with Crippen molar-refractivity contribution in [3.63, 3.8) is 0 Å². The van der Waals surface area contributed by atoms with Crippen molar-refractivity contribution >= 4 is 27.3 Å². The lowest BCUT2D eigenvalue weighted by molar-refractivity contribution is 0.0942. The molecular weight excluding hydrogens is 364 g/mol. The first-order valence-electron chi connectivity index (χ1n) is 9.76. The van der Waals surface area contributed by atoms with E-state index in [1.54, 1.807) is 0 Å². The molecule has 0 aromatic carbocycles. The Hall–Kier alpha value is -2.00. The summed E-state index contributed by atoms with van der Waals surface area (Å²) in [5.74, 6) is 0.347. The maximum Gasteiger partial charge on any atom is 0.274 e. The van der Waals surface area contributed by atoms with Crippen molar-refractivity contribution in [3.8, 4) is 0 Å². The second-order valence-corrected chi connectivity index (χ2v) is 8.49. The van der Waals surface area contributed by atoms with Gasteiger partial charge in [0.15, 0.2) is 0 Å². The molecule has 2 aromatic rings. The molecule has 9 heteroatoms. The van der Waals surface area contributed by atoms with E-state index in [9.17, 15) is 9.59 Å². The Labute approximate surface area is 162 Å². The summed E-state index contributed by atoms with van der Waals surface area (Å²) in [5, 5.41) is 8.36. The van der Waals surface area contributed by atoms with E-state index in [4.69, 9.17) is 0 Å². The van der Waals surface area contributed by atoms with Crippen LogP contribution in [0.25, 0.3) is 4.96 Å². The molecule has 2 aliphatic rings. The highest BCUT2D eigenvalue weighted by Gasteiger charge is 2.22. The van der Waals surface area contributed by atoms with Gasteiger partial charge in [-0.2, -0.15) is 9.50 Å². The molecule has 1 unspecified atom stereocenters. The lowest BCUT2D eigenvalue weighted by Gasteiger charge is -2.30. The number of amides is 1. The molecule has 0 spiro atoms. The fourth-order valence-corrected chi connectivity index (χ4v) is 4.82. The second kappa shape index (κ2) is 7.93. The lowest BCUT2D eigenvalue weighted by Crippen LogP contribution is -2.35. The van der Waals surface area contributed by atoms with Crippen LogP contribution in [-0.4, -0.2) is 64.7 Å². The Morgan fingerprint density at radius 3 is 2.89 bits per heavy atom. The van der Waals surface area contributed by atoms with Gasteiger partial charge in [0.25, 0.3) is 11.5 Å². The molecule has 0 aliphatic carbocycles. The minimum Gasteiger partial charge on any atom is -0.349 e. The average molecular weight is 391 g/mol. The van der Waals surface area contributed by atoms with Crippen LogP contribution in [0.4, 0.5) is 5.13 Å². The van der Waals surface area contributed by atoms with Gasteiger partial charge < -0.3 is 15.1 Å². The first kappa shape index (κ1) is 18.4. The first-order valence-corrected chi connectivity index (χ1v) is 10.6. The van der Waals surface area contributed by atoms with Crippen LogP contribution in [0.15, 0.2) is 10.9 Å². The third kappa shape index (κ3) is 4.14. The van der Waals surface area contributed by atoms with Crippen LogP contribution in [-0.2, 0) is 0 Å². The first-order chi connectivity index (χ1) is 13.1. The molecule has 2 aliphatic heterocycles. The van der Waals surface area contributed by atoms with Gasteiger partial charge in [0.2, 0.25) is 10.1 Å². The zero-order chi connectivity index (χ0) is 18.8. The smallest absolute Gasteiger partial charge is 0.274 e. The molecule has 4 rings (SSSR count). The van der Waals surface area contributed by atoms with Gasteiger partial charge in [-0.3, -0.25) is 9.59 Å². The highest BCUT2D eigenvalue weighted by Crippen LogP contribution is 2.27. The number of hydrogen-bond donors (Lipinski definition) is 1. The Kier molecular flexibility index (Phi) is 5.40. The standard InChI is InChI=1S/C18H26N6O2S/c1-13-5-4-9-23(12-13)18-21-24-14(11-15(25)20-17(24)27-18)16(26)19-6-10-22-7-2-3-8-22/h11,13H,2-10,12H2,1H3,(H,19,26). The number of nitrogens with one attached hydrogen (secondary N) is 1. The van der Waals surface area contributed by atoms with Gasteiger partial charge in [0.1, 0.15) is 5.69 Å². The van der Waals surface area contributed by atoms with Gasteiger partial charge in [0, 0.05) is 32.2 Å².